The largest absolute Gasteiger partial charge is 0.330 e. The van der Waals surface area contributed by atoms with Crippen LogP contribution >= 0.6 is 0 Å². The fraction of sp³-hybridized carbons (Fsp3) is 1.00. The maximum absolute atomic E-state index is 5.68. The molecule has 0 spiro atoms. The summed E-state index contributed by atoms with van der Waals surface area (Å²) in [4.78, 5) is 0. The van der Waals surface area contributed by atoms with Crippen molar-refractivity contribution in [2.24, 2.45) is 11.1 Å². The van der Waals surface area contributed by atoms with E-state index >= 15 is 0 Å². The molecule has 0 amide bonds. The minimum Gasteiger partial charge on any atom is -0.330 e. The van der Waals surface area contributed by atoms with Crippen molar-refractivity contribution in [3.63, 3.8) is 0 Å². The zero-order chi connectivity index (χ0) is 8.16. The van der Waals surface area contributed by atoms with Gasteiger partial charge in [-0.2, -0.15) is 0 Å². The Morgan fingerprint density at radius 3 is 2.36 bits per heavy atom. The Kier molecular flexibility index (Phi) is 3.38. The van der Waals surface area contributed by atoms with E-state index in [4.69, 9.17) is 5.73 Å². The summed E-state index contributed by atoms with van der Waals surface area (Å²) in [6.07, 6.45) is 9.76. The van der Waals surface area contributed by atoms with E-state index in [0.717, 1.165) is 6.54 Å². The quantitative estimate of drug-likeness (QED) is 0.586. The minimum absolute atomic E-state index is 0.619. The summed E-state index contributed by atoms with van der Waals surface area (Å²) in [5.74, 6) is 0. The van der Waals surface area contributed by atoms with Crippen LogP contribution in [-0.2, 0) is 0 Å². The molecule has 0 aliphatic heterocycles. The highest BCUT2D eigenvalue weighted by Gasteiger charge is 2.39. The van der Waals surface area contributed by atoms with Crippen molar-refractivity contribution in [1.29, 1.82) is 0 Å². The minimum atomic E-state index is 0.619. The van der Waals surface area contributed by atoms with Crippen LogP contribution in [0.4, 0.5) is 0 Å². The Labute approximate surface area is 70.4 Å². The Hall–Kier alpha value is -0.0400. The van der Waals surface area contributed by atoms with E-state index in [9.17, 15) is 0 Å². The van der Waals surface area contributed by atoms with Crippen molar-refractivity contribution in [1.82, 2.24) is 0 Å². The van der Waals surface area contributed by atoms with Crippen molar-refractivity contribution in [2.45, 2.75) is 51.9 Å². The predicted molar refractivity (Wildman–Crippen MR) is 49.5 cm³/mol. The summed E-state index contributed by atoms with van der Waals surface area (Å²) in [7, 11) is 0. The second-order valence-corrected chi connectivity index (χ2v) is 4.01. The van der Waals surface area contributed by atoms with Gasteiger partial charge in [0.05, 0.1) is 0 Å². The van der Waals surface area contributed by atoms with Gasteiger partial charge >= 0.3 is 0 Å². The fourth-order valence-electron chi connectivity index (χ4n) is 1.66. The highest BCUT2D eigenvalue weighted by atomic mass is 14.6. The van der Waals surface area contributed by atoms with Gasteiger partial charge in [-0.3, -0.25) is 0 Å². The topological polar surface area (TPSA) is 26.0 Å². The third-order valence-corrected chi connectivity index (χ3v) is 2.95. The SMILES string of the molecule is CCCCCCC1(CN)CC1. The first-order valence-corrected chi connectivity index (χ1v) is 5.03. The Bertz CT molecular complexity index is 105. The van der Waals surface area contributed by atoms with Crippen LogP contribution in [0, 0.1) is 5.41 Å². The third-order valence-electron chi connectivity index (χ3n) is 2.95. The monoisotopic (exact) mass is 155 g/mol. The highest BCUT2D eigenvalue weighted by molar-refractivity contribution is 4.93. The van der Waals surface area contributed by atoms with Crippen molar-refractivity contribution in [2.75, 3.05) is 6.54 Å². The summed E-state index contributed by atoms with van der Waals surface area (Å²) in [6.45, 7) is 3.19. The van der Waals surface area contributed by atoms with Gasteiger partial charge in [-0.15, -0.1) is 0 Å². The summed E-state index contributed by atoms with van der Waals surface area (Å²) in [6, 6.07) is 0. The average Bonchev–Trinajstić information content (AvgIpc) is 2.80. The van der Waals surface area contributed by atoms with E-state index in [2.05, 4.69) is 6.92 Å². The smallest absolute Gasteiger partial charge is 0.00205 e. The maximum atomic E-state index is 5.68. The first-order valence-electron chi connectivity index (χ1n) is 5.03. The van der Waals surface area contributed by atoms with Crippen LogP contribution in [-0.4, -0.2) is 6.54 Å². The molecule has 1 saturated carbocycles. The van der Waals surface area contributed by atoms with E-state index in [1.54, 1.807) is 0 Å². The zero-order valence-corrected chi connectivity index (χ0v) is 7.73. The standard InChI is InChI=1S/C10H21N/c1-2-3-4-5-6-10(9-11)7-8-10/h2-9,11H2,1H3. The van der Waals surface area contributed by atoms with Gasteiger partial charge in [-0.05, 0) is 31.2 Å². The number of unbranched alkanes of at least 4 members (excludes halogenated alkanes) is 3. The van der Waals surface area contributed by atoms with E-state index in [1.165, 1.54) is 44.9 Å². The summed E-state index contributed by atoms with van der Waals surface area (Å²) in [5.41, 5.74) is 6.30. The lowest BCUT2D eigenvalue weighted by molar-refractivity contribution is 0.445. The van der Waals surface area contributed by atoms with Crippen molar-refractivity contribution in [3.05, 3.63) is 0 Å². The second kappa shape index (κ2) is 4.10. The molecule has 0 bridgehead atoms. The Morgan fingerprint density at radius 1 is 1.18 bits per heavy atom. The van der Waals surface area contributed by atoms with Gasteiger partial charge in [0.1, 0.15) is 0 Å². The first kappa shape index (κ1) is 9.05. The highest BCUT2D eigenvalue weighted by Crippen LogP contribution is 2.48. The molecule has 0 radical (unpaired) electrons. The van der Waals surface area contributed by atoms with E-state index in [1.807, 2.05) is 0 Å². The van der Waals surface area contributed by atoms with Gasteiger partial charge < -0.3 is 5.73 Å². The van der Waals surface area contributed by atoms with Gasteiger partial charge in [0.25, 0.3) is 0 Å². The molecule has 1 heteroatoms. The van der Waals surface area contributed by atoms with E-state index < -0.39 is 0 Å². The van der Waals surface area contributed by atoms with Crippen LogP contribution in [0.1, 0.15) is 51.9 Å². The molecule has 0 aromatic rings. The third kappa shape index (κ3) is 2.82. The van der Waals surface area contributed by atoms with Crippen LogP contribution < -0.4 is 5.73 Å². The molecular formula is C10H21N. The first-order chi connectivity index (χ1) is 5.33. The lowest BCUT2D eigenvalue weighted by atomic mass is 9.98. The fourth-order valence-corrected chi connectivity index (χ4v) is 1.66. The number of hydrogen-bond acceptors (Lipinski definition) is 1. The van der Waals surface area contributed by atoms with Gasteiger partial charge in [-0.1, -0.05) is 32.6 Å². The molecule has 1 nitrogen and oxygen atoms in total. The molecule has 1 fully saturated rings. The number of hydrogen-bond donors (Lipinski definition) is 1. The normalized spacial score (nSPS) is 20.2. The van der Waals surface area contributed by atoms with Gasteiger partial charge in [0.15, 0.2) is 0 Å². The Morgan fingerprint density at radius 2 is 1.91 bits per heavy atom. The van der Waals surface area contributed by atoms with Gasteiger partial charge in [-0.25, -0.2) is 0 Å². The molecule has 0 aromatic carbocycles. The van der Waals surface area contributed by atoms with E-state index in [-0.39, 0.29) is 0 Å². The molecule has 1 aliphatic carbocycles. The lowest BCUT2D eigenvalue weighted by Crippen LogP contribution is -2.14. The van der Waals surface area contributed by atoms with Crippen molar-refractivity contribution < 1.29 is 0 Å². The van der Waals surface area contributed by atoms with Crippen LogP contribution in [0.5, 0.6) is 0 Å². The Balaban J connectivity index is 1.94. The molecule has 0 unspecified atom stereocenters. The zero-order valence-electron chi connectivity index (χ0n) is 7.73. The van der Waals surface area contributed by atoms with E-state index in [0.29, 0.717) is 5.41 Å². The molecule has 2 N–H and O–H groups in total. The van der Waals surface area contributed by atoms with Gasteiger partial charge in [0.2, 0.25) is 0 Å². The molecular weight excluding hydrogens is 134 g/mol. The lowest BCUT2D eigenvalue weighted by Gasteiger charge is -2.10. The van der Waals surface area contributed by atoms with Crippen molar-refractivity contribution >= 4 is 0 Å². The molecule has 11 heavy (non-hydrogen) atoms. The van der Waals surface area contributed by atoms with Crippen LogP contribution in [0.15, 0.2) is 0 Å². The van der Waals surface area contributed by atoms with Crippen LogP contribution in [0.3, 0.4) is 0 Å². The van der Waals surface area contributed by atoms with Crippen LogP contribution in [0.2, 0.25) is 0 Å². The van der Waals surface area contributed by atoms with Crippen molar-refractivity contribution in [3.8, 4) is 0 Å². The second-order valence-electron chi connectivity index (χ2n) is 4.01. The molecule has 1 aliphatic rings. The average molecular weight is 155 g/mol. The molecule has 0 aromatic heterocycles. The van der Waals surface area contributed by atoms with Crippen LogP contribution in [0.25, 0.3) is 0 Å². The number of rotatable bonds is 6. The molecule has 0 heterocycles. The molecule has 0 atom stereocenters. The maximum Gasteiger partial charge on any atom is -0.00205 e. The molecule has 1 rings (SSSR count). The molecule has 66 valence electrons. The predicted octanol–water partition coefficient (Wildman–Crippen LogP) is 2.70. The summed E-state index contributed by atoms with van der Waals surface area (Å²) < 4.78 is 0. The summed E-state index contributed by atoms with van der Waals surface area (Å²) in [5, 5.41) is 0. The summed E-state index contributed by atoms with van der Waals surface area (Å²) >= 11 is 0. The number of nitrogens with two attached hydrogens (primary N) is 1. The van der Waals surface area contributed by atoms with Gasteiger partial charge in [0, 0.05) is 0 Å². The molecule has 0 saturated heterocycles.